The van der Waals surface area contributed by atoms with Crippen molar-refractivity contribution in [2.24, 2.45) is 11.8 Å². The van der Waals surface area contributed by atoms with E-state index in [1.165, 1.54) is 58.5 Å². The topological polar surface area (TPSA) is 9.23 Å². The van der Waals surface area contributed by atoms with Gasteiger partial charge in [-0.2, -0.15) is 4.39 Å². The molecule has 2 saturated carbocycles. The van der Waals surface area contributed by atoms with Gasteiger partial charge in [-0.3, -0.25) is 0 Å². The first-order valence-corrected chi connectivity index (χ1v) is 9.22. The number of halogens is 2. The number of benzene rings is 1. The van der Waals surface area contributed by atoms with Gasteiger partial charge >= 0.3 is 0 Å². The van der Waals surface area contributed by atoms with Gasteiger partial charge in [0.15, 0.2) is 11.6 Å². The van der Waals surface area contributed by atoms with Crippen molar-refractivity contribution < 1.29 is 13.5 Å². The van der Waals surface area contributed by atoms with Crippen LogP contribution in [0.1, 0.15) is 75.7 Å². The molecule has 0 N–H and O–H groups in total. The molecule has 0 saturated heterocycles. The molecule has 1 aromatic carbocycles. The summed E-state index contributed by atoms with van der Waals surface area (Å²) in [6.45, 7) is 0. The quantitative estimate of drug-likeness (QED) is 0.600. The number of hydrogen-bond donors (Lipinski definition) is 0. The molecular formula is C20H28F2O. The average Bonchev–Trinajstić information content (AvgIpc) is 2.87. The van der Waals surface area contributed by atoms with Gasteiger partial charge in [-0.1, -0.05) is 44.6 Å². The van der Waals surface area contributed by atoms with Gasteiger partial charge in [0.1, 0.15) is 0 Å². The van der Waals surface area contributed by atoms with E-state index in [4.69, 9.17) is 4.74 Å². The summed E-state index contributed by atoms with van der Waals surface area (Å²) in [6, 6.07) is 3.28. The molecule has 0 heterocycles. The third-order valence-electron chi connectivity index (χ3n) is 6.07. The Hall–Kier alpha value is -1.12. The van der Waals surface area contributed by atoms with Crippen LogP contribution in [0.25, 0.3) is 0 Å². The van der Waals surface area contributed by atoms with Gasteiger partial charge in [-0.15, -0.1) is 0 Å². The molecule has 3 heteroatoms. The molecule has 23 heavy (non-hydrogen) atoms. The maximum atomic E-state index is 14.3. The van der Waals surface area contributed by atoms with Crippen molar-refractivity contribution in [1.82, 2.24) is 0 Å². The van der Waals surface area contributed by atoms with Crippen LogP contribution in [-0.2, 0) is 0 Å². The molecule has 3 rings (SSSR count). The SMILES string of the molecule is COc1ccc(C2CCC(C3CCCCCC3)CC2)c(F)c1F. The third-order valence-corrected chi connectivity index (χ3v) is 6.07. The molecule has 2 fully saturated rings. The largest absolute Gasteiger partial charge is 0.494 e. The van der Waals surface area contributed by atoms with Crippen molar-refractivity contribution in [2.45, 2.75) is 70.1 Å². The first kappa shape index (κ1) is 16.7. The normalized spacial score (nSPS) is 26.7. The van der Waals surface area contributed by atoms with Crippen LogP contribution in [0.4, 0.5) is 8.78 Å². The second kappa shape index (κ2) is 7.63. The van der Waals surface area contributed by atoms with Crippen molar-refractivity contribution in [2.75, 3.05) is 7.11 Å². The van der Waals surface area contributed by atoms with Crippen molar-refractivity contribution in [3.05, 3.63) is 29.3 Å². The lowest BCUT2D eigenvalue weighted by Gasteiger charge is -2.34. The summed E-state index contributed by atoms with van der Waals surface area (Å²) in [5.74, 6) is 0.292. The van der Waals surface area contributed by atoms with E-state index >= 15 is 0 Å². The van der Waals surface area contributed by atoms with E-state index < -0.39 is 11.6 Å². The smallest absolute Gasteiger partial charge is 0.200 e. The maximum absolute atomic E-state index is 14.3. The highest BCUT2D eigenvalue weighted by Gasteiger charge is 2.30. The van der Waals surface area contributed by atoms with E-state index in [1.807, 2.05) is 0 Å². The fourth-order valence-electron chi connectivity index (χ4n) is 4.70. The molecule has 0 spiro atoms. The van der Waals surface area contributed by atoms with Crippen molar-refractivity contribution in [1.29, 1.82) is 0 Å². The molecule has 0 unspecified atom stereocenters. The molecule has 0 aliphatic heterocycles. The van der Waals surface area contributed by atoms with Gasteiger partial charge in [-0.05, 0) is 55.1 Å². The van der Waals surface area contributed by atoms with Crippen LogP contribution in [-0.4, -0.2) is 7.11 Å². The Morgan fingerprint density at radius 2 is 1.39 bits per heavy atom. The van der Waals surface area contributed by atoms with E-state index in [-0.39, 0.29) is 11.7 Å². The van der Waals surface area contributed by atoms with E-state index in [1.54, 1.807) is 12.1 Å². The predicted octanol–water partition coefficient (Wildman–Crippen LogP) is 6.22. The predicted molar refractivity (Wildman–Crippen MR) is 88.8 cm³/mol. The molecule has 1 aromatic rings. The fourth-order valence-corrected chi connectivity index (χ4v) is 4.70. The lowest BCUT2D eigenvalue weighted by atomic mass is 9.72. The first-order valence-electron chi connectivity index (χ1n) is 9.22. The van der Waals surface area contributed by atoms with Crippen molar-refractivity contribution in [3.63, 3.8) is 0 Å². The first-order chi connectivity index (χ1) is 11.2. The lowest BCUT2D eigenvalue weighted by molar-refractivity contribution is 0.211. The molecule has 0 aromatic heterocycles. The Morgan fingerprint density at radius 3 is 2.00 bits per heavy atom. The van der Waals surface area contributed by atoms with E-state index in [0.717, 1.165) is 24.7 Å². The van der Waals surface area contributed by atoms with Gasteiger partial charge < -0.3 is 4.74 Å². The molecule has 128 valence electrons. The van der Waals surface area contributed by atoms with Crippen molar-refractivity contribution in [3.8, 4) is 5.75 Å². The van der Waals surface area contributed by atoms with Crippen LogP contribution in [0.15, 0.2) is 12.1 Å². The van der Waals surface area contributed by atoms with E-state index in [9.17, 15) is 8.78 Å². The maximum Gasteiger partial charge on any atom is 0.200 e. The lowest BCUT2D eigenvalue weighted by Crippen LogP contribution is -2.21. The summed E-state index contributed by atoms with van der Waals surface area (Å²) in [7, 11) is 1.37. The van der Waals surface area contributed by atoms with Gasteiger partial charge in [-0.25, -0.2) is 4.39 Å². The zero-order chi connectivity index (χ0) is 16.2. The Kier molecular flexibility index (Phi) is 5.55. The van der Waals surface area contributed by atoms with Crippen LogP contribution in [0.3, 0.4) is 0 Å². The minimum absolute atomic E-state index is 0.00149. The highest BCUT2D eigenvalue weighted by Crippen LogP contribution is 2.43. The summed E-state index contributed by atoms with van der Waals surface area (Å²) in [5.41, 5.74) is 0.544. The highest BCUT2D eigenvalue weighted by atomic mass is 19.2. The Labute approximate surface area is 138 Å². The molecule has 2 aliphatic rings. The second-order valence-corrected chi connectivity index (χ2v) is 7.35. The number of hydrogen-bond acceptors (Lipinski definition) is 1. The van der Waals surface area contributed by atoms with Gasteiger partial charge in [0.05, 0.1) is 7.11 Å². The summed E-state index contributed by atoms with van der Waals surface area (Å²) >= 11 is 0. The monoisotopic (exact) mass is 322 g/mol. The minimum atomic E-state index is -0.837. The second-order valence-electron chi connectivity index (χ2n) is 7.35. The molecule has 0 atom stereocenters. The van der Waals surface area contributed by atoms with Crippen molar-refractivity contribution >= 4 is 0 Å². The molecular weight excluding hydrogens is 294 g/mol. The number of methoxy groups -OCH3 is 1. The Bertz CT molecular complexity index is 513. The number of ether oxygens (including phenoxy) is 1. The Morgan fingerprint density at radius 1 is 0.783 bits per heavy atom. The van der Waals surface area contributed by atoms with Gasteiger partial charge in [0.25, 0.3) is 0 Å². The zero-order valence-electron chi connectivity index (χ0n) is 14.1. The molecule has 0 bridgehead atoms. The van der Waals surface area contributed by atoms with E-state index in [0.29, 0.717) is 5.56 Å². The van der Waals surface area contributed by atoms with Gasteiger partial charge in [0.2, 0.25) is 5.82 Å². The van der Waals surface area contributed by atoms with Crippen LogP contribution in [0, 0.1) is 23.5 Å². The molecule has 1 nitrogen and oxygen atoms in total. The van der Waals surface area contributed by atoms with Gasteiger partial charge in [0, 0.05) is 0 Å². The summed E-state index contributed by atoms with van der Waals surface area (Å²) in [4.78, 5) is 0. The fraction of sp³-hybridized carbons (Fsp3) is 0.700. The average molecular weight is 322 g/mol. The summed E-state index contributed by atoms with van der Waals surface area (Å²) in [6.07, 6.45) is 12.6. The Balaban J connectivity index is 1.63. The molecule has 2 aliphatic carbocycles. The van der Waals surface area contributed by atoms with Crippen LogP contribution >= 0.6 is 0 Å². The van der Waals surface area contributed by atoms with Crippen LogP contribution in [0.2, 0.25) is 0 Å². The van der Waals surface area contributed by atoms with Crippen LogP contribution < -0.4 is 4.74 Å². The summed E-state index contributed by atoms with van der Waals surface area (Å²) < 4.78 is 33.1. The zero-order valence-corrected chi connectivity index (χ0v) is 14.1. The van der Waals surface area contributed by atoms with E-state index in [2.05, 4.69) is 0 Å². The molecule has 0 radical (unpaired) electrons. The highest BCUT2D eigenvalue weighted by molar-refractivity contribution is 5.33. The van der Waals surface area contributed by atoms with Crippen LogP contribution in [0.5, 0.6) is 5.75 Å². The third kappa shape index (κ3) is 3.70. The standard InChI is InChI=1S/C20H28F2O/c1-23-18-13-12-17(19(21)20(18)22)16-10-8-15(9-11-16)14-6-4-2-3-5-7-14/h12-16H,2-11H2,1H3. The summed E-state index contributed by atoms with van der Waals surface area (Å²) in [5, 5.41) is 0. The number of rotatable bonds is 3. The molecule has 0 amide bonds. The minimum Gasteiger partial charge on any atom is -0.494 e.